The van der Waals surface area contributed by atoms with Crippen molar-refractivity contribution in [3.63, 3.8) is 0 Å². The Hall–Kier alpha value is -1.43. The molecule has 1 aliphatic heterocycles. The second-order valence-corrected chi connectivity index (χ2v) is 7.31. The van der Waals surface area contributed by atoms with Gasteiger partial charge in [0.2, 0.25) is 5.91 Å². The number of piperidine rings is 1. The first-order chi connectivity index (χ1) is 11.2. The number of amides is 1. The molecule has 0 radical (unpaired) electrons. The van der Waals surface area contributed by atoms with Crippen LogP contribution in [-0.2, 0) is 11.2 Å². The minimum Gasteiger partial charge on any atom is -0.301 e. The van der Waals surface area contributed by atoms with Crippen LogP contribution in [0, 0.1) is 0 Å². The van der Waals surface area contributed by atoms with Gasteiger partial charge in [0.15, 0.2) is 5.13 Å². The zero-order valence-corrected chi connectivity index (χ0v) is 14.5. The summed E-state index contributed by atoms with van der Waals surface area (Å²) in [6.07, 6.45) is 6.19. The Bertz CT molecular complexity index is 667. The van der Waals surface area contributed by atoms with E-state index >= 15 is 0 Å². The van der Waals surface area contributed by atoms with Crippen molar-refractivity contribution >= 4 is 34.0 Å². The van der Waals surface area contributed by atoms with Crippen molar-refractivity contribution in [3.05, 3.63) is 45.9 Å². The molecule has 1 amide bonds. The molecule has 23 heavy (non-hydrogen) atoms. The summed E-state index contributed by atoms with van der Waals surface area (Å²) in [7, 11) is 0. The fraction of sp³-hybridized carbons (Fsp3) is 0.412. The smallest absolute Gasteiger partial charge is 0.240 e. The second kappa shape index (κ2) is 7.90. The quantitative estimate of drug-likeness (QED) is 0.892. The Kier molecular flexibility index (Phi) is 5.65. The molecular formula is C17H20ClN3OS. The number of halogens is 1. The second-order valence-electron chi connectivity index (χ2n) is 5.78. The van der Waals surface area contributed by atoms with Gasteiger partial charge in [-0.05, 0) is 37.6 Å². The number of thiazole rings is 1. The summed E-state index contributed by atoms with van der Waals surface area (Å²) in [5, 5.41) is 4.33. The van der Waals surface area contributed by atoms with E-state index < -0.39 is 0 Å². The highest BCUT2D eigenvalue weighted by Gasteiger charge is 2.15. The molecule has 1 N–H and O–H groups in total. The number of likely N-dealkylation sites (tertiary alicyclic amines) is 1. The van der Waals surface area contributed by atoms with Crippen molar-refractivity contribution in [2.45, 2.75) is 25.7 Å². The third kappa shape index (κ3) is 4.77. The number of rotatable bonds is 5. The van der Waals surface area contributed by atoms with Crippen LogP contribution in [0.2, 0.25) is 5.02 Å². The molecular weight excluding hydrogens is 330 g/mol. The molecule has 1 fully saturated rings. The van der Waals surface area contributed by atoms with Gasteiger partial charge in [0, 0.05) is 22.5 Å². The summed E-state index contributed by atoms with van der Waals surface area (Å²) in [5.41, 5.74) is 1.07. The van der Waals surface area contributed by atoms with Gasteiger partial charge in [-0.15, -0.1) is 11.3 Å². The van der Waals surface area contributed by atoms with Crippen LogP contribution in [0.25, 0.3) is 0 Å². The molecule has 0 bridgehead atoms. The Morgan fingerprint density at radius 1 is 1.26 bits per heavy atom. The molecule has 2 heterocycles. The van der Waals surface area contributed by atoms with Crippen molar-refractivity contribution in [1.29, 1.82) is 0 Å². The fourth-order valence-corrected chi connectivity index (χ4v) is 3.81. The minimum atomic E-state index is 0.0190. The fourth-order valence-electron chi connectivity index (χ4n) is 2.76. The molecule has 0 atom stereocenters. The standard InChI is InChI=1S/C17H20ClN3OS/c18-15-7-3-2-6-13(15)10-14-11-19-17(23-14)20-16(22)12-21-8-4-1-5-9-21/h2-3,6-7,11H,1,4-5,8-10,12H2,(H,19,20,22). The number of nitrogens with zero attached hydrogens (tertiary/aromatic N) is 2. The van der Waals surface area contributed by atoms with Gasteiger partial charge in [-0.1, -0.05) is 36.2 Å². The molecule has 1 aromatic carbocycles. The van der Waals surface area contributed by atoms with E-state index in [1.165, 1.54) is 30.6 Å². The van der Waals surface area contributed by atoms with Crippen LogP contribution in [0.3, 0.4) is 0 Å². The monoisotopic (exact) mass is 349 g/mol. The summed E-state index contributed by atoms with van der Waals surface area (Å²) in [6.45, 7) is 2.49. The van der Waals surface area contributed by atoms with E-state index in [9.17, 15) is 4.79 Å². The molecule has 6 heteroatoms. The average molecular weight is 350 g/mol. The number of anilines is 1. The van der Waals surface area contributed by atoms with Crippen molar-refractivity contribution < 1.29 is 4.79 Å². The largest absolute Gasteiger partial charge is 0.301 e. The predicted molar refractivity (Wildman–Crippen MR) is 95.3 cm³/mol. The van der Waals surface area contributed by atoms with Crippen LogP contribution in [0.5, 0.6) is 0 Å². The van der Waals surface area contributed by atoms with Gasteiger partial charge in [-0.25, -0.2) is 4.98 Å². The maximum atomic E-state index is 12.1. The first kappa shape index (κ1) is 16.4. The Morgan fingerprint density at radius 2 is 2.04 bits per heavy atom. The molecule has 0 unspecified atom stereocenters. The van der Waals surface area contributed by atoms with Gasteiger partial charge >= 0.3 is 0 Å². The van der Waals surface area contributed by atoms with Gasteiger partial charge in [0.1, 0.15) is 0 Å². The predicted octanol–water partition coefficient (Wildman–Crippen LogP) is 3.81. The van der Waals surface area contributed by atoms with E-state index in [2.05, 4.69) is 15.2 Å². The van der Waals surface area contributed by atoms with Crippen LogP contribution in [0.1, 0.15) is 29.7 Å². The van der Waals surface area contributed by atoms with Gasteiger partial charge in [0.25, 0.3) is 0 Å². The number of hydrogen-bond acceptors (Lipinski definition) is 4. The number of hydrogen-bond donors (Lipinski definition) is 1. The van der Waals surface area contributed by atoms with E-state index in [1.54, 1.807) is 0 Å². The van der Waals surface area contributed by atoms with Crippen molar-refractivity contribution in [1.82, 2.24) is 9.88 Å². The maximum Gasteiger partial charge on any atom is 0.240 e. The normalized spacial score (nSPS) is 15.5. The zero-order chi connectivity index (χ0) is 16.1. The molecule has 1 saturated heterocycles. The summed E-state index contributed by atoms with van der Waals surface area (Å²) in [5.74, 6) is 0.0190. The highest BCUT2D eigenvalue weighted by molar-refractivity contribution is 7.15. The van der Waals surface area contributed by atoms with Crippen molar-refractivity contribution in [2.75, 3.05) is 25.0 Å². The van der Waals surface area contributed by atoms with Crippen LogP contribution in [0.4, 0.5) is 5.13 Å². The molecule has 122 valence electrons. The summed E-state index contributed by atoms with van der Waals surface area (Å²) < 4.78 is 0. The van der Waals surface area contributed by atoms with E-state index in [0.717, 1.165) is 35.0 Å². The lowest BCUT2D eigenvalue weighted by Crippen LogP contribution is -2.36. The molecule has 4 nitrogen and oxygen atoms in total. The maximum absolute atomic E-state index is 12.1. The molecule has 1 aliphatic rings. The molecule has 3 rings (SSSR count). The topological polar surface area (TPSA) is 45.2 Å². The lowest BCUT2D eigenvalue weighted by Gasteiger charge is -2.25. The summed E-state index contributed by atoms with van der Waals surface area (Å²) in [4.78, 5) is 19.7. The Balaban J connectivity index is 1.54. The van der Waals surface area contributed by atoms with E-state index in [1.807, 2.05) is 30.5 Å². The molecule has 2 aromatic rings. The van der Waals surface area contributed by atoms with Crippen LogP contribution in [0.15, 0.2) is 30.5 Å². The van der Waals surface area contributed by atoms with Gasteiger partial charge in [-0.3, -0.25) is 9.69 Å². The van der Waals surface area contributed by atoms with Gasteiger partial charge in [-0.2, -0.15) is 0 Å². The summed E-state index contributed by atoms with van der Waals surface area (Å²) in [6, 6.07) is 7.80. The Labute approximate surface area is 145 Å². The molecule has 1 aromatic heterocycles. The van der Waals surface area contributed by atoms with E-state index in [0.29, 0.717) is 11.7 Å². The highest BCUT2D eigenvalue weighted by Crippen LogP contribution is 2.24. The van der Waals surface area contributed by atoms with Crippen LogP contribution in [-0.4, -0.2) is 35.4 Å². The van der Waals surface area contributed by atoms with Crippen LogP contribution < -0.4 is 5.32 Å². The lowest BCUT2D eigenvalue weighted by atomic mass is 10.1. The van der Waals surface area contributed by atoms with Crippen molar-refractivity contribution in [2.24, 2.45) is 0 Å². The number of carbonyl (C=O) groups excluding carboxylic acids is 1. The van der Waals surface area contributed by atoms with E-state index in [4.69, 9.17) is 11.6 Å². The Morgan fingerprint density at radius 3 is 2.83 bits per heavy atom. The van der Waals surface area contributed by atoms with Crippen molar-refractivity contribution in [3.8, 4) is 0 Å². The first-order valence-corrected chi connectivity index (χ1v) is 9.10. The van der Waals surface area contributed by atoms with Gasteiger partial charge < -0.3 is 5.32 Å². The lowest BCUT2D eigenvalue weighted by molar-refractivity contribution is -0.117. The number of aromatic nitrogens is 1. The SMILES string of the molecule is O=C(CN1CCCCC1)Nc1ncc(Cc2ccccc2Cl)s1. The first-order valence-electron chi connectivity index (χ1n) is 7.91. The zero-order valence-electron chi connectivity index (χ0n) is 12.9. The molecule has 0 spiro atoms. The third-order valence-electron chi connectivity index (χ3n) is 3.94. The number of carbonyl (C=O) groups is 1. The molecule has 0 aliphatic carbocycles. The summed E-state index contributed by atoms with van der Waals surface area (Å²) >= 11 is 7.69. The van der Waals surface area contributed by atoms with Crippen LogP contribution >= 0.6 is 22.9 Å². The molecule has 0 saturated carbocycles. The highest BCUT2D eigenvalue weighted by atomic mass is 35.5. The number of nitrogens with one attached hydrogen (secondary N) is 1. The number of benzene rings is 1. The average Bonchev–Trinajstić information content (AvgIpc) is 2.97. The van der Waals surface area contributed by atoms with E-state index in [-0.39, 0.29) is 5.91 Å². The minimum absolute atomic E-state index is 0.0190. The third-order valence-corrected chi connectivity index (χ3v) is 5.22. The van der Waals surface area contributed by atoms with Gasteiger partial charge in [0.05, 0.1) is 6.54 Å².